The van der Waals surface area contributed by atoms with Gasteiger partial charge < -0.3 is 61.4 Å². The lowest BCUT2D eigenvalue weighted by atomic mass is 9.89. The molecule has 2 aliphatic heterocycles. The lowest BCUT2D eigenvalue weighted by molar-refractivity contribution is -0.148. The first-order valence-electron chi connectivity index (χ1n) is 32.2. The first kappa shape index (κ1) is 77.2. The number of methoxy groups -OCH3 is 2. The number of carbonyl (C=O) groups is 12. The number of nitrogens with two attached hydrogens (primary N) is 1. The highest BCUT2D eigenvalue weighted by atomic mass is 16.6. The van der Waals surface area contributed by atoms with E-state index >= 15 is 0 Å². The van der Waals surface area contributed by atoms with Crippen molar-refractivity contribution in [3.8, 4) is 0 Å². The lowest BCUT2D eigenvalue weighted by Crippen LogP contribution is -2.62. The molecule has 4 rings (SSSR count). The van der Waals surface area contributed by atoms with E-state index in [-0.39, 0.29) is 93.6 Å². The van der Waals surface area contributed by atoms with E-state index in [9.17, 15) is 62.6 Å². The quantitative estimate of drug-likeness (QED) is 0.0332. The van der Waals surface area contributed by atoms with Crippen LogP contribution in [0.3, 0.4) is 0 Å². The predicted octanol–water partition coefficient (Wildman–Crippen LogP) is 5.25. The number of rotatable bonds is 39. The maximum atomic E-state index is 14.7. The normalized spacial score (nSPS) is 16.8. The third-order valence-corrected chi connectivity index (χ3v) is 17.8. The summed E-state index contributed by atoms with van der Waals surface area (Å²) >= 11 is 0. The summed E-state index contributed by atoms with van der Waals surface area (Å²) in [4.78, 5) is 164. The molecule has 0 radical (unpaired) electrons. The standard InChI is InChI=1S/C67H100N10O16/c1-13-42(5)58(52(91-11)39-56(82)76-36-22-26-50(76)59(92-12)43(6)60(83)72-49(63(86)87)37-44-23-17-15-18-24-44)74(9)62(85)57(41(3)4)73-64(88)67(7,8)75(10)66(90)93-40-45-28-30-47(31-29-45)70-61(84)46(25-21-34-69-65(68)89)38-51(78)48(14-2)71-53(79)27-19-16-20-35-77-54(80)32-33-55(77)81/h15,17-18,23-24,28-33,41-43,46,48-50,52,57-59H,13-14,16,19-22,25-27,34-40H2,1-12H3,(H,70,84)(H,71,79)(H,72,83)(H,73,88)(H,86,87)(H3,68,69,89)/t42-,43+,46+,48-,49-,50-,52+,57-,58-,59+/m0/s1. The van der Waals surface area contributed by atoms with E-state index in [4.69, 9.17) is 19.9 Å². The molecule has 1 saturated heterocycles. The molecule has 93 heavy (non-hydrogen) atoms. The van der Waals surface area contributed by atoms with Crippen molar-refractivity contribution in [2.45, 2.75) is 193 Å². The number of imide groups is 1. The number of likely N-dealkylation sites (N-methyl/N-ethyl adjacent to an activating group) is 2. The van der Waals surface area contributed by atoms with Gasteiger partial charge in [-0.3, -0.25) is 53.0 Å². The van der Waals surface area contributed by atoms with Crippen molar-refractivity contribution < 1.29 is 76.9 Å². The van der Waals surface area contributed by atoms with E-state index in [1.165, 1.54) is 52.2 Å². The van der Waals surface area contributed by atoms with Gasteiger partial charge in [0, 0.05) is 91.0 Å². The number of amides is 11. The van der Waals surface area contributed by atoms with Crippen molar-refractivity contribution in [1.82, 2.24) is 40.9 Å². The number of hydrogen-bond acceptors (Lipinski definition) is 15. The van der Waals surface area contributed by atoms with Crippen LogP contribution in [-0.2, 0) is 75.2 Å². The molecule has 2 aromatic rings. The van der Waals surface area contributed by atoms with Crippen molar-refractivity contribution in [2.24, 2.45) is 29.4 Å². The number of likely N-dealkylation sites (tertiary alicyclic amines) is 1. The van der Waals surface area contributed by atoms with Gasteiger partial charge in [-0.05, 0) is 93.9 Å². The van der Waals surface area contributed by atoms with Gasteiger partial charge in [-0.15, -0.1) is 0 Å². The zero-order valence-electron chi connectivity index (χ0n) is 56.2. The number of hydrogen-bond donors (Lipinski definition) is 7. The van der Waals surface area contributed by atoms with Crippen LogP contribution in [-0.4, -0.2) is 192 Å². The fourth-order valence-electron chi connectivity index (χ4n) is 11.6. The molecule has 0 bridgehead atoms. The molecule has 11 amide bonds. The number of unbranched alkanes of at least 4 members (excludes halogenated alkanes) is 2. The molecule has 1 fully saturated rings. The number of carbonyl (C=O) groups excluding carboxylic acids is 11. The fraction of sp³-hybridized carbons (Fsp3) is 0.612. The average Bonchev–Trinajstić information content (AvgIpc) is 1.63. The lowest BCUT2D eigenvalue weighted by Gasteiger charge is -2.41. The summed E-state index contributed by atoms with van der Waals surface area (Å²) in [6.07, 6.45) is 3.91. The Balaban J connectivity index is 1.35. The van der Waals surface area contributed by atoms with Crippen LogP contribution in [0.5, 0.6) is 0 Å². The summed E-state index contributed by atoms with van der Waals surface area (Å²) in [5.74, 6) is -7.38. The summed E-state index contributed by atoms with van der Waals surface area (Å²) in [6.45, 7) is 14.4. The Bertz CT molecular complexity index is 2910. The molecule has 514 valence electrons. The van der Waals surface area contributed by atoms with Gasteiger partial charge in [0.25, 0.3) is 11.8 Å². The molecule has 0 aliphatic carbocycles. The largest absolute Gasteiger partial charge is 0.480 e. The number of ketones is 1. The number of benzene rings is 2. The number of nitrogens with zero attached hydrogens (tertiary/aromatic N) is 4. The Labute approximate surface area is 546 Å². The van der Waals surface area contributed by atoms with Crippen molar-refractivity contribution in [3.63, 3.8) is 0 Å². The van der Waals surface area contributed by atoms with E-state index in [1.807, 2.05) is 19.9 Å². The van der Waals surface area contributed by atoms with Gasteiger partial charge in [-0.25, -0.2) is 14.4 Å². The second-order valence-corrected chi connectivity index (χ2v) is 25.0. The molecule has 10 atom stereocenters. The molecule has 8 N–H and O–H groups in total. The number of carboxylic acid groups (broad SMARTS) is 1. The van der Waals surface area contributed by atoms with Gasteiger partial charge in [0.2, 0.25) is 35.4 Å². The number of Topliss-reactive ketones (excluding diaryl/α,β-unsaturated/α-hetero) is 1. The van der Waals surface area contributed by atoms with Crippen molar-refractivity contribution in [3.05, 3.63) is 77.9 Å². The Kier molecular flexibility index (Phi) is 31.1. The fourth-order valence-corrected chi connectivity index (χ4v) is 11.6. The number of aliphatic carboxylic acids is 1. The summed E-state index contributed by atoms with van der Waals surface area (Å²) in [7, 11) is 5.92. The maximum absolute atomic E-state index is 14.7. The molecule has 2 heterocycles. The number of urea groups is 1. The minimum atomic E-state index is -1.56. The maximum Gasteiger partial charge on any atom is 0.410 e. The highest BCUT2D eigenvalue weighted by Crippen LogP contribution is 2.31. The molecular weight excluding hydrogens is 1200 g/mol. The molecule has 0 unspecified atom stereocenters. The summed E-state index contributed by atoms with van der Waals surface area (Å²) in [5, 5.41) is 23.6. The minimum Gasteiger partial charge on any atom is -0.480 e. The summed E-state index contributed by atoms with van der Waals surface area (Å²) < 4.78 is 17.6. The second-order valence-electron chi connectivity index (χ2n) is 25.0. The molecule has 26 heteroatoms. The SMILES string of the molecule is CC[C@H](NC(=O)CCCCCN1C(=O)C=CC1=O)C(=O)C[C@@H](CCCNC(N)=O)C(=O)Nc1ccc(COC(=O)N(C)C(C)(C)C(=O)N[C@H](C(=O)N(C)[C@@H]([C@@H](C)CC)[C@@H](CC(=O)N2CCC[C@H]2[C@H](OC)[C@@H](C)C(=O)N[C@@H](Cc2ccccc2)C(=O)O)OC)C(C)C)cc1. The third kappa shape index (κ3) is 22.8. The zero-order chi connectivity index (χ0) is 69.3. The number of primary amides is 1. The van der Waals surface area contributed by atoms with E-state index in [0.29, 0.717) is 62.7 Å². The molecule has 2 aromatic carbocycles. The minimum absolute atomic E-state index is 0.0761. The predicted molar refractivity (Wildman–Crippen MR) is 346 cm³/mol. The average molecular weight is 1300 g/mol. The molecular formula is C67H100N10O16. The van der Waals surface area contributed by atoms with Crippen molar-refractivity contribution in [2.75, 3.05) is 53.3 Å². The second kappa shape index (κ2) is 37.4. The number of nitrogens with one attached hydrogen (secondary N) is 5. The van der Waals surface area contributed by atoms with Crippen LogP contribution in [0.25, 0.3) is 0 Å². The van der Waals surface area contributed by atoms with Crippen LogP contribution >= 0.6 is 0 Å². The Morgan fingerprint density at radius 3 is 2.01 bits per heavy atom. The van der Waals surface area contributed by atoms with Crippen LogP contribution in [0.4, 0.5) is 15.3 Å². The molecule has 0 spiro atoms. The molecule has 0 aromatic heterocycles. The highest BCUT2D eigenvalue weighted by molar-refractivity contribution is 6.12. The van der Waals surface area contributed by atoms with Crippen LogP contribution < -0.4 is 32.3 Å². The van der Waals surface area contributed by atoms with Crippen molar-refractivity contribution in [1.29, 1.82) is 0 Å². The summed E-state index contributed by atoms with van der Waals surface area (Å²) in [6, 6.07) is 10.3. The molecule has 26 nitrogen and oxygen atoms in total. The topological polar surface area (TPSA) is 352 Å². The van der Waals surface area contributed by atoms with E-state index in [2.05, 4.69) is 26.6 Å². The van der Waals surface area contributed by atoms with Crippen molar-refractivity contribution >= 4 is 76.8 Å². The number of carboxylic acids is 1. The number of ether oxygens (including phenoxy) is 3. The van der Waals surface area contributed by atoms with E-state index in [1.54, 1.807) is 88.2 Å². The molecule has 0 saturated carbocycles. The highest BCUT2D eigenvalue weighted by Gasteiger charge is 2.45. The molecule has 2 aliphatic rings. The zero-order valence-corrected chi connectivity index (χ0v) is 56.2. The third-order valence-electron chi connectivity index (χ3n) is 17.8. The van der Waals surface area contributed by atoms with Gasteiger partial charge >= 0.3 is 18.1 Å². The smallest absolute Gasteiger partial charge is 0.410 e. The monoisotopic (exact) mass is 1300 g/mol. The van der Waals surface area contributed by atoms with Crippen LogP contribution in [0.2, 0.25) is 0 Å². The first-order valence-corrected chi connectivity index (χ1v) is 32.2. The van der Waals surface area contributed by atoms with E-state index < -0.39 is 107 Å². The Morgan fingerprint density at radius 1 is 0.774 bits per heavy atom. The van der Waals surface area contributed by atoms with Gasteiger partial charge in [-0.1, -0.05) is 96.8 Å². The van der Waals surface area contributed by atoms with Crippen LogP contribution in [0.15, 0.2) is 66.7 Å². The number of anilines is 1. The first-order chi connectivity index (χ1) is 44.0. The van der Waals surface area contributed by atoms with Gasteiger partial charge in [0.05, 0.1) is 42.7 Å². The van der Waals surface area contributed by atoms with Gasteiger partial charge in [0.15, 0.2) is 5.78 Å². The van der Waals surface area contributed by atoms with Gasteiger partial charge in [0.1, 0.15) is 24.2 Å². The Hall–Kier alpha value is -8.26. The Morgan fingerprint density at radius 2 is 1.43 bits per heavy atom. The van der Waals surface area contributed by atoms with E-state index in [0.717, 1.165) is 15.4 Å². The van der Waals surface area contributed by atoms with Gasteiger partial charge in [-0.2, -0.15) is 0 Å². The van der Waals surface area contributed by atoms with Crippen LogP contribution in [0, 0.1) is 23.7 Å². The van der Waals surface area contributed by atoms with Crippen LogP contribution in [0.1, 0.15) is 144 Å². The summed E-state index contributed by atoms with van der Waals surface area (Å²) in [5.41, 5.74) is 5.31.